The summed E-state index contributed by atoms with van der Waals surface area (Å²) in [5, 5.41) is 12.9. The summed E-state index contributed by atoms with van der Waals surface area (Å²) in [4.78, 5) is 25.9. The van der Waals surface area contributed by atoms with Gasteiger partial charge in [-0.2, -0.15) is 15.4 Å². The van der Waals surface area contributed by atoms with E-state index in [4.69, 9.17) is 4.74 Å². The molecule has 4 rings (SSSR count). The highest BCUT2D eigenvalue weighted by atomic mass is 16.6. The molecule has 1 saturated carbocycles. The van der Waals surface area contributed by atoms with Crippen LogP contribution in [0, 0.1) is 5.92 Å². The highest BCUT2D eigenvalue weighted by molar-refractivity contribution is 5.97. The van der Waals surface area contributed by atoms with Crippen LogP contribution in [0.1, 0.15) is 29.6 Å². The number of benzene rings is 1. The number of aromatic nitrogens is 3. The molecule has 2 heterocycles. The van der Waals surface area contributed by atoms with Crippen LogP contribution >= 0.6 is 0 Å². The molecule has 2 unspecified atom stereocenters. The van der Waals surface area contributed by atoms with E-state index in [0.29, 0.717) is 28.6 Å². The van der Waals surface area contributed by atoms with Crippen LogP contribution in [0.2, 0.25) is 0 Å². The van der Waals surface area contributed by atoms with E-state index in [1.807, 2.05) is 0 Å². The fourth-order valence-corrected chi connectivity index (χ4v) is 3.48. The van der Waals surface area contributed by atoms with Crippen molar-refractivity contribution in [1.29, 1.82) is 0 Å². The van der Waals surface area contributed by atoms with Crippen LogP contribution in [0.5, 0.6) is 0 Å². The Bertz CT molecular complexity index is 758. The number of rotatable bonds is 3. The Labute approximate surface area is 132 Å². The van der Waals surface area contributed by atoms with Gasteiger partial charge in [0, 0.05) is 18.2 Å². The van der Waals surface area contributed by atoms with Gasteiger partial charge in [0.2, 0.25) is 0 Å². The van der Waals surface area contributed by atoms with E-state index < -0.39 is 0 Å². The van der Waals surface area contributed by atoms with Crippen molar-refractivity contribution in [2.75, 3.05) is 13.3 Å². The molecular weight excluding hydrogens is 298 g/mol. The van der Waals surface area contributed by atoms with Gasteiger partial charge in [0.15, 0.2) is 6.73 Å². The minimum Gasteiger partial charge on any atom is -0.428 e. The first kappa shape index (κ1) is 14.0. The summed E-state index contributed by atoms with van der Waals surface area (Å²) in [6.45, 7) is 0.642. The monoisotopic (exact) mass is 315 g/mol. The number of nitrogens with zero attached hydrogens (tertiary/aromatic N) is 3. The van der Waals surface area contributed by atoms with Crippen LogP contribution in [-0.2, 0) is 4.74 Å². The second kappa shape index (κ2) is 5.53. The number of amides is 2. The third-order valence-corrected chi connectivity index (χ3v) is 4.65. The van der Waals surface area contributed by atoms with Crippen LogP contribution in [0.4, 0.5) is 4.79 Å². The molecule has 2 bridgehead atoms. The lowest BCUT2D eigenvalue weighted by molar-refractivity contribution is 0.0740. The Kier molecular flexibility index (Phi) is 3.36. The lowest BCUT2D eigenvalue weighted by Gasteiger charge is -2.26. The van der Waals surface area contributed by atoms with Crippen molar-refractivity contribution in [3.05, 3.63) is 23.8 Å². The topological polar surface area (TPSA) is 100 Å². The summed E-state index contributed by atoms with van der Waals surface area (Å²) >= 11 is 0. The van der Waals surface area contributed by atoms with E-state index in [2.05, 4.69) is 20.7 Å². The van der Waals surface area contributed by atoms with Crippen molar-refractivity contribution >= 4 is 23.0 Å². The number of carbonyl (C=O) groups excluding carboxylic acids is 2. The maximum atomic E-state index is 12.1. The predicted molar refractivity (Wildman–Crippen MR) is 80.5 cm³/mol. The summed E-state index contributed by atoms with van der Waals surface area (Å²) in [5.74, 6) is 0.307. The van der Waals surface area contributed by atoms with E-state index in [-0.39, 0.29) is 18.7 Å². The average Bonchev–Trinajstić information content (AvgIpc) is 3.29. The van der Waals surface area contributed by atoms with Gasteiger partial charge in [-0.25, -0.2) is 4.79 Å². The Morgan fingerprint density at radius 1 is 1.30 bits per heavy atom. The van der Waals surface area contributed by atoms with Crippen molar-refractivity contribution < 1.29 is 14.3 Å². The quantitative estimate of drug-likeness (QED) is 0.831. The molecule has 120 valence electrons. The van der Waals surface area contributed by atoms with Crippen LogP contribution in [0.3, 0.4) is 0 Å². The lowest BCUT2D eigenvalue weighted by Crippen LogP contribution is -2.40. The number of carbonyl (C=O) groups is 2. The molecule has 2 amide bonds. The second-order valence-corrected chi connectivity index (χ2v) is 6.07. The molecular formula is C15H17N5O3. The first-order valence-corrected chi connectivity index (χ1v) is 7.73. The molecule has 8 heteroatoms. The smallest absolute Gasteiger partial charge is 0.411 e. The number of piperidine rings is 1. The predicted octanol–water partition coefficient (Wildman–Crippen LogP) is 1.27. The summed E-state index contributed by atoms with van der Waals surface area (Å²) in [6, 6.07) is 5.31. The van der Waals surface area contributed by atoms with Crippen LogP contribution in [-0.4, -0.2) is 51.6 Å². The Balaban J connectivity index is 1.30. The maximum Gasteiger partial charge on any atom is 0.411 e. The molecule has 2 fully saturated rings. The van der Waals surface area contributed by atoms with Crippen LogP contribution < -0.4 is 5.32 Å². The number of hydrogen-bond donors (Lipinski definition) is 2. The van der Waals surface area contributed by atoms with Crippen LogP contribution in [0.25, 0.3) is 11.0 Å². The van der Waals surface area contributed by atoms with Gasteiger partial charge in [-0.05, 0) is 43.4 Å². The van der Waals surface area contributed by atoms with Gasteiger partial charge in [-0.3, -0.25) is 4.79 Å². The number of H-pyrrole nitrogens is 1. The summed E-state index contributed by atoms with van der Waals surface area (Å²) in [7, 11) is 0. The molecule has 1 saturated heterocycles. The molecule has 2 aliphatic rings. The average molecular weight is 315 g/mol. The zero-order chi connectivity index (χ0) is 15.8. The molecule has 1 aliphatic heterocycles. The number of nitrogens with one attached hydrogen (secondary N) is 2. The first-order valence-electron chi connectivity index (χ1n) is 7.73. The molecule has 2 aromatic rings. The zero-order valence-electron chi connectivity index (χ0n) is 12.5. The Morgan fingerprint density at radius 3 is 2.96 bits per heavy atom. The van der Waals surface area contributed by atoms with Gasteiger partial charge < -0.3 is 15.0 Å². The number of fused-ring (bicyclic) bond motifs is 3. The third kappa shape index (κ3) is 2.60. The van der Waals surface area contributed by atoms with E-state index in [9.17, 15) is 9.59 Å². The number of aromatic amines is 1. The molecule has 1 aliphatic carbocycles. The molecule has 0 spiro atoms. The van der Waals surface area contributed by atoms with Gasteiger partial charge >= 0.3 is 6.09 Å². The van der Waals surface area contributed by atoms with Crippen LogP contribution in [0.15, 0.2) is 18.2 Å². The fourth-order valence-electron chi connectivity index (χ4n) is 3.48. The van der Waals surface area contributed by atoms with Gasteiger partial charge in [0.1, 0.15) is 11.0 Å². The highest BCUT2D eigenvalue weighted by Crippen LogP contribution is 2.37. The van der Waals surface area contributed by atoms with Crippen molar-refractivity contribution in [2.45, 2.75) is 25.3 Å². The van der Waals surface area contributed by atoms with Crippen molar-refractivity contribution in [3.8, 4) is 0 Å². The standard InChI is InChI=1S/C15H17N5O3/c21-14(10-2-4-12-13(6-10)18-19-17-12)16-8-23-15(22)20-7-9-1-3-11(20)5-9/h2,4,6,9,11H,1,3,5,7-8H2,(H,16,21)(H,17,18,19). The van der Waals surface area contributed by atoms with Crippen molar-refractivity contribution in [3.63, 3.8) is 0 Å². The largest absolute Gasteiger partial charge is 0.428 e. The molecule has 23 heavy (non-hydrogen) atoms. The number of likely N-dealkylation sites (tertiary alicyclic amines) is 1. The maximum absolute atomic E-state index is 12.1. The number of hydrogen-bond acceptors (Lipinski definition) is 5. The van der Waals surface area contributed by atoms with Gasteiger partial charge in [0.25, 0.3) is 5.91 Å². The van der Waals surface area contributed by atoms with E-state index >= 15 is 0 Å². The molecule has 1 aromatic carbocycles. The molecule has 2 atom stereocenters. The minimum atomic E-state index is -0.343. The van der Waals surface area contributed by atoms with Crippen molar-refractivity contribution in [1.82, 2.24) is 25.6 Å². The Morgan fingerprint density at radius 2 is 2.17 bits per heavy atom. The summed E-state index contributed by atoms with van der Waals surface area (Å²) in [6.07, 6.45) is 3.00. The molecule has 2 N–H and O–H groups in total. The molecule has 0 radical (unpaired) electrons. The van der Waals surface area contributed by atoms with E-state index in [0.717, 1.165) is 19.4 Å². The van der Waals surface area contributed by atoms with Gasteiger partial charge in [-0.15, -0.1) is 0 Å². The first-order chi connectivity index (χ1) is 11.2. The van der Waals surface area contributed by atoms with E-state index in [1.54, 1.807) is 23.1 Å². The summed E-state index contributed by atoms with van der Waals surface area (Å²) < 4.78 is 5.16. The highest BCUT2D eigenvalue weighted by Gasteiger charge is 2.40. The third-order valence-electron chi connectivity index (χ3n) is 4.65. The molecule has 1 aromatic heterocycles. The second-order valence-electron chi connectivity index (χ2n) is 6.07. The van der Waals surface area contributed by atoms with Gasteiger partial charge in [0.05, 0.1) is 0 Å². The minimum absolute atomic E-state index is 0.137. The summed E-state index contributed by atoms with van der Waals surface area (Å²) in [5.41, 5.74) is 1.75. The van der Waals surface area contributed by atoms with E-state index in [1.165, 1.54) is 6.42 Å². The number of ether oxygens (including phenoxy) is 1. The SMILES string of the molecule is O=C(NCOC(=O)N1CC2CCC1C2)c1ccc2n[nH]nc2c1. The fraction of sp³-hybridized carbons (Fsp3) is 0.467. The molecule has 8 nitrogen and oxygen atoms in total. The van der Waals surface area contributed by atoms with Crippen molar-refractivity contribution in [2.24, 2.45) is 5.92 Å². The zero-order valence-corrected chi connectivity index (χ0v) is 12.5. The lowest BCUT2D eigenvalue weighted by atomic mass is 10.1. The Hall–Kier alpha value is -2.64. The normalized spacial score (nSPS) is 22.5. The van der Waals surface area contributed by atoms with Gasteiger partial charge in [-0.1, -0.05) is 0 Å².